The zero-order valence-corrected chi connectivity index (χ0v) is 10.1. The lowest BCUT2D eigenvalue weighted by molar-refractivity contribution is 0.0950. The van der Waals surface area contributed by atoms with Gasteiger partial charge in [-0.05, 0) is 24.6 Å². The number of amides is 1. The second kappa shape index (κ2) is 5.01. The van der Waals surface area contributed by atoms with E-state index in [1.165, 1.54) is 0 Å². The van der Waals surface area contributed by atoms with E-state index in [4.69, 9.17) is 11.6 Å². The molecule has 0 unspecified atom stereocenters. The molecule has 0 radical (unpaired) electrons. The van der Waals surface area contributed by atoms with Crippen LogP contribution < -0.4 is 5.32 Å². The van der Waals surface area contributed by atoms with Crippen LogP contribution in [-0.2, 0) is 6.54 Å². The van der Waals surface area contributed by atoms with Crippen LogP contribution in [0.25, 0.3) is 0 Å². The number of H-pyrrole nitrogens is 1. The molecule has 0 fully saturated rings. The van der Waals surface area contributed by atoms with Gasteiger partial charge in [0, 0.05) is 6.20 Å². The number of hydrogen-bond donors (Lipinski definition) is 2. The first kappa shape index (κ1) is 11.7. The minimum atomic E-state index is -0.187. The molecule has 0 atom stereocenters. The Labute approximate surface area is 104 Å². The molecule has 0 spiro atoms. The van der Waals surface area contributed by atoms with Crippen molar-refractivity contribution in [3.63, 3.8) is 0 Å². The highest BCUT2D eigenvalue weighted by atomic mass is 35.5. The van der Waals surface area contributed by atoms with Crippen molar-refractivity contribution >= 4 is 17.5 Å². The maximum absolute atomic E-state index is 11.9. The molecule has 1 amide bonds. The number of aryl methyl sites for hydroxylation is 1. The first-order valence-electron chi connectivity index (χ1n) is 5.20. The molecule has 0 saturated heterocycles. The lowest BCUT2D eigenvalue weighted by Gasteiger charge is -2.07. The normalized spacial score (nSPS) is 10.2. The molecule has 88 valence electrons. The van der Waals surface area contributed by atoms with Crippen LogP contribution in [0.1, 0.15) is 21.6 Å². The fraction of sp³-hybridized carbons (Fsp3) is 0.167. The monoisotopic (exact) mass is 249 g/mol. The number of aromatic nitrogens is 2. The minimum absolute atomic E-state index is 0.187. The molecule has 0 aliphatic carbocycles. The van der Waals surface area contributed by atoms with Gasteiger partial charge in [-0.3, -0.25) is 9.89 Å². The molecule has 0 aliphatic heterocycles. The highest BCUT2D eigenvalue weighted by Crippen LogP contribution is 2.20. The van der Waals surface area contributed by atoms with Crippen LogP contribution in [0, 0.1) is 6.92 Å². The third kappa shape index (κ3) is 2.65. The minimum Gasteiger partial charge on any atom is -0.346 e. The predicted octanol–water partition coefficient (Wildman–Crippen LogP) is 2.30. The number of nitrogens with one attached hydrogen (secondary N) is 2. The standard InChI is InChI=1S/C12H12ClN3O/c1-8-3-2-4-10(11(8)13)12(17)14-7-9-5-6-15-16-9/h2-6H,7H2,1H3,(H,14,17)(H,15,16). The Balaban J connectivity index is 2.07. The molecule has 0 saturated carbocycles. The molecule has 1 aromatic heterocycles. The van der Waals surface area contributed by atoms with Gasteiger partial charge in [-0.25, -0.2) is 0 Å². The molecular weight excluding hydrogens is 238 g/mol. The van der Waals surface area contributed by atoms with Crippen molar-refractivity contribution in [2.24, 2.45) is 0 Å². The van der Waals surface area contributed by atoms with Gasteiger partial charge in [0.15, 0.2) is 0 Å². The Morgan fingerprint density at radius 3 is 3.00 bits per heavy atom. The summed E-state index contributed by atoms with van der Waals surface area (Å²) < 4.78 is 0. The molecule has 2 aromatic rings. The van der Waals surface area contributed by atoms with Gasteiger partial charge >= 0.3 is 0 Å². The summed E-state index contributed by atoms with van der Waals surface area (Å²) in [7, 11) is 0. The average Bonchev–Trinajstić information content (AvgIpc) is 2.82. The van der Waals surface area contributed by atoms with E-state index >= 15 is 0 Å². The number of halogens is 1. The molecule has 1 aromatic carbocycles. The maximum atomic E-state index is 11.9. The van der Waals surface area contributed by atoms with E-state index in [0.717, 1.165) is 11.3 Å². The fourth-order valence-electron chi connectivity index (χ4n) is 1.48. The number of carbonyl (C=O) groups excluding carboxylic acids is 1. The molecule has 4 nitrogen and oxygen atoms in total. The molecule has 0 aliphatic rings. The van der Waals surface area contributed by atoms with Crippen molar-refractivity contribution in [2.45, 2.75) is 13.5 Å². The Kier molecular flexibility index (Phi) is 3.44. The van der Waals surface area contributed by atoms with Crippen molar-refractivity contribution in [1.82, 2.24) is 15.5 Å². The van der Waals surface area contributed by atoms with Gasteiger partial charge < -0.3 is 5.32 Å². The topological polar surface area (TPSA) is 57.8 Å². The van der Waals surface area contributed by atoms with E-state index in [9.17, 15) is 4.79 Å². The van der Waals surface area contributed by atoms with E-state index in [-0.39, 0.29) is 5.91 Å². The zero-order valence-electron chi connectivity index (χ0n) is 9.33. The van der Waals surface area contributed by atoms with Crippen molar-refractivity contribution in [1.29, 1.82) is 0 Å². The highest BCUT2D eigenvalue weighted by Gasteiger charge is 2.11. The van der Waals surface area contributed by atoms with Gasteiger partial charge in [-0.15, -0.1) is 0 Å². The number of hydrogen-bond acceptors (Lipinski definition) is 2. The Morgan fingerprint density at radius 2 is 2.29 bits per heavy atom. The third-order valence-electron chi connectivity index (χ3n) is 2.43. The van der Waals surface area contributed by atoms with E-state index in [0.29, 0.717) is 17.1 Å². The van der Waals surface area contributed by atoms with Crippen LogP contribution in [0.15, 0.2) is 30.5 Å². The first-order chi connectivity index (χ1) is 8.18. The number of benzene rings is 1. The molecule has 2 rings (SSSR count). The molecular formula is C12H12ClN3O. The second-order valence-corrected chi connectivity index (χ2v) is 4.08. The zero-order chi connectivity index (χ0) is 12.3. The summed E-state index contributed by atoms with van der Waals surface area (Å²) in [4.78, 5) is 11.9. The number of carbonyl (C=O) groups is 1. The summed E-state index contributed by atoms with van der Waals surface area (Å²) in [5.41, 5.74) is 2.23. The Bertz CT molecular complexity index is 523. The lowest BCUT2D eigenvalue weighted by atomic mass is 10.1. The van der Waals surface area contributed by atoms with Crippen molar-refractivity contribution in [2.75, 3.05) is 0 Å². The van der Waals surface area contributed by atoms with Crippen molar-refractivity contribution in [3.05, 3.63) is 52.3 Å². The molecule has 2 N–H and O–H groups in total. The summed E-state index contributed by atoms with van der Waals surface area (Å²) in [6.45, 7) is 2.27. The largest absolute Gasteiger partial charge is 0.346 e. The lowest BCUT2D eigenvalue weighted by Crippen LogP contribution is -2.23. The summed E-state index contributed by atoms with van der Waals surface area (Å²) in [5.74, 6) is -0.187. The highest BCUT2D eigenvalue weighted by molar-refractivity contribution is 6.34. The van der Waals surface area contributed by atoms with Gasteiger partial charge in [0.2, 0.25) is 0 Å². The molecule has 0 bridgehead atoms. The molecule has 17 heavy (non-hydrogen) atoms. The molecule has 1 heterocycles. The van der Waals surface area contributed by atoms with Gasteiger partial charge in [0.1, 0.15) is 0 Å². The predicted molar refractivity (Wildman–Crippen MR) is 65.9 cm³/mol. The van der Waals surface area contributed by atoms with Crippen LogP contribution in [0.5, 0.6) is 0 Å². The number of aromatic amines is 1. The van der Waals surface area contributed by atoms with Crippen LogP contribution in [0.4, 0.5) is 0 Å². The summed E-state index contributed by atoms with van der Waals surface area (Å²) >= 11 is 6.07. The Morgan fingerprint density at radius 1 is 1.47 bits per heavy atom. The summed E-state index contributed by atoms with van der Waals surface area (Å²) in [5, 5.41) is 9.84. The van der Waals surface area contributed by atoms with Gasteiger partial charge in [0.25, 0.3) is 5.91 Å². The van der Waals surface area contributed by atoms with Crippen LogP contribution in [-0.4, -0.2) is 16.1 Å². The van der Waals surface area contributed by atoms with E-state index < -0.39 is 0 Å². The third-order valence-corrected chi connectivity index (χ3v) is 2.94. The summed E-state index contributed by atoms with van der Waals surface area (Å²) in [6.07, 6.45) is 1.64. The van der Waals surface area contributed by atoms with Crippen LogP contribution >= 0.6 is 11.6 Å². The van der Waals surface area contributed by atoms with E-state index in [1.807, 2.05) is 19.1 Å². The number of nitrogens with zero attached hydrogens (tertiary/aromatic N) is 1. The smallest absolute Gasteiger partial charge is 0.253 e. The first-order valence-corrected chi connectivity index (χ1v) is 5.58. The van der Waals surface area contributed by atoms with Crippen LogP contribution in [0.3, 0.4) is 0 Å². The number of rotatable bonds is 3. The van der Waals surface area contributed by atoms with Crippen molar-refractivity contribution in [3.8, 4) is 0 Å². The quantitative estimate of drug-likeness (QED) is 0.877. The van der Waals surface area contributed by atoms with Crippen LogP contribution in [0.2, 0.25) is 5.02 Å². The SMILES string of the molecule is Cc1cccc(C(=O)NCc2ccn[nH]2)c1Cl. The van der Waals surface area contributed by atoms with E-state index in [2.05, 4.69) is 15.5 Å². The Hall–Kier alpha value is -1.81. The van der Waals surface area contributed by atoms with Gasteiger partial charge in [-0.1, -0.05) is 23.7 Å². The van der Waals surface area contributed by atoms with Crippen molar-refractivity contribution < 1.29 is 4.79 Å². The van der Waals surface area contributed by atoms with Gasteiger partial charge in [0.05, 0.1) is 22.8 Å². The fourth-order valence-corrected chi connectivity index (χ4v) is 1.69. The van der Waals surface area contributed by atoms with E-state index in [1.54, 1.807) is 18.3 Å². The second-order valence-electron chi connectivity index (χ2n) is 3.70. The molecule has 5 heteroatoms. The summed E-state index contributed by atoms with van der Waals surface area (Å²) in [6, 6.07) is 7.19. The average molecular weight is 250 g/mol. The van der Waals surface area contributed by atoms with Gasteiger partial charge in [-0.2, -0.15) is 5.10 Å². The maximum Gasteiger partial charge on any atom is 0.253 e.